The lowest BCUT2D eigenvalue weighted by Crippen LogP contribution is -1.87. The molecule has 0 N–H and O–H groups in total. The summed E-state index contributed by atoms with van der Waals surface area (Å²) in [5.74, 6) is 0. The summed E-state index contributed by atoms with van der Waals surface area (Å²) in [6.07, 6.45) is 1.70. The molecule has 2 nitrogen and oxygen atoms in total. The lowest BCUT2D eigenvalue weighted by atomic mass is 10.3. The summed E-state index contributed by atoms with van der Waals surface area (Å²) in [4.78, 5) is 3.93. The average molecular weight is 244 g/mol. The quantitative estimate of drug-likeness (QED) is 0.653. The number of hydrogen-bond acceptors (Lipinski definition) is 2. The fraction of sp³-hybridized carbons (Fsp3) is 0.143. The second-order valence-electron chi connectivity index (χ2n) is 1.95. The normalized spacial score (nSPS) is 8.90. The van der Waals surface area contributed by atoms with E-state index in [2.05, 4.69) is 27.6 Å². The number of aryl methyl sites for hydroxylation is 1. The van der Waals surface area contributed by atoms with Crippen LogP contribution in [0.2, 0.25) is 0 Å². The van der Waals surface area contributed by atoms with E-state index < -0.39 is 0 Å². The highest BCUT2D eigenvalue weighted by atomic mass is 127. The molecule has 0 unspecified atom stereocenters. The van der Waals surface area contributed by atoms with Crippen LogP contribution in [0.3, 0.4) is 0 Å². The highest BCUT2D eigenvalue weighted by molar-refractivity contribution is 14.1. The summed E-state index contributed by atoms with van der Waals surface area (Å²) in [6.45, 7) is 1.95. The summed E-state index contributed by atoms with van der Waals surface area (Å²) < 4.78 is 0.917. The summed E-state index contributed by atoms with van der Waals surface area (Å²) in [5, 5.41) is 8.49. The van der Waals surface area contributed by atoms with E-state index in [4.69, 9.17) is 5.26 Å². The Morgan fingerprint density at radius 2 is 2.40 bits per heavy atom. The van der Waals surface area contributed by atoms with Gasteiger partial charge in [-0.3, -0.25) is 0 Å². The zero-order valence-corrected chi connectivity index (χ0v) is 7.58. The molecule has 0 radical (unpaired) electrons. The highest BCUT2D eigenvalue weighted by Gasteiger charge is 1.97. The minimum Gasteiger partial charge on any atom is -0.244 e. The van der Waals surface area contributed by atoms with Gasteiger partial charge in [-0.1, -0.05) is 0 Å². The maximum absolute atomic E-state index is 8.49. The third kappa shape index (κ3) is 1.45. The molecule has 0 aromatic carbocycles. The van der Waals surface area contributed by atoms with Crippen molar-refractivity contribution in [1.29, 1.82) is 5.26 Å². The van der Waals surface area contributed by atoms with Gasteiger partial charge in [0.05, 0.1) is 0 Å². The smallest absolute Gasteiger partial charge is 0.153 e. The average Bonchev–Trinajstić information content (AvgIpc) is 1.88. The number of nitriles is 1. The Balaban J connectivity index is 3.23. The molecule has 1 heterocycles. The molecule has 0 bridgehead atoms. The van der Waals surface area contributed by atoms with E-state index in [0.29, 0.717) is 5.69 Å². The van der Waals surface area contributed by atoms with Gasteiger partial charge in [0.15, 0.2) is 5.69 Å². The standard InChI is InChI=1S/C7H5IN2/c1-5-2-6(8)7(3-9)10-4-5/h2,4H,1H3. The van der Waals surface area contributed by atoms with E-state index in [1.807, 2.05) is 19.1 Å². The first kappa shape index (κ1) is 7.48. The van der Waals surface area contributed by atoms with Gasteiger partial charge in [-0.2, -0.15) is 5.26 Å². The Kier molecular flexibility index (Phi) is 2.22. The molecule has 0 aliphatic rings. The van der Waals surface area contributed by atoms with Crippen LogP contribution in [0.25, 0.3) is 0 Å². The number of halogens is 1. The van der Waals surface area contributed by atoms with Gasteiger partial charge in [0, 0.05) is 9.77 Å². The Morgan fingerprint density at radius 3 is 2.90 bits per heavy atom. The van der Waals surface area contributed by atoms with E-state index in [-0.39, 0.29) is 0 Å². The van der Waals surface area contributed by atoms with Gasteiger partial charge in [-0.05, 0) is 41.1 Å². The lowest BCUT2D eigenvalue weighted by molar-refractivity contribution is 1.20. The van der Waals surface area contributed by atoms with Crippen molar-refractivity contribution < 1.29 is 0 Å². The predicted molar refractivity (Wildman–Crippen MR) is 46.4 cm³/mol. The minimum atomic E-state index is 0.506. The molecule has 0 saturated carbocycles. The van der Waals surface area contributed by atoms with Gasteiger partial charge < -0.3 is 0 Å². The molecule has 0 spiro atoms. The number of rotatable bonds is 0. The van der Waals surface area contributed by atoms with Crippen LogP contribution in [0, 0.1) is 21.8 Å². The van der Waals surface area contributed by atoms with E-state index in [1.54, 1.807) is 6.20 Å². The van der Waals surface area contributed by atoms with E-state index >= 15 is 0 Å². The van der Waals surface area contributed by atoms with Gasteiger partial charge in [0.25, 0.3) is 0 Å². The number of aromatic nitrogens is 1. The molecule has 1 rings (SSSR count). The van der Waals surface area contributed by atoms with Crippen molar-refractivity contribution in [2.24, 2.45) is 0 Å². The third-order valence-electron chi connectivity index (χ3n) is 1.08. The highest BCUT2D eigenvalue weighted by Crippen LogP contribution is 2.09. The first-order chi connectivity index (χ1) is 4.74. The van der Waals surface area contributed by atoms with Crippen LogP contribution in [0.5, 0.6) is 0 Å². The molecule has 0 amide bonds. The van der Waals surface area contributed by atoms with E-state index in [0.717, 1.165) is 9.13 Å². The fourth-order valence-corrected chi connectivity index (χ4v) is 1.37. The molecule has 0 aliphatic heterocycles. The Labute approximate surface area is 73.0 Å². The molecule has 0 saturated heterocycles. The van der Waals surface area contributed by atoms with Crippen molar-refractivity contribution in [2.75, 3.05) is 0 Å². The predicted octanol–water partition coefficient (Wildman–Crippen LogP) is 1.87. The van der Waals surface area contributed by atoms with Crippen molar-refractivity contribution >= 4 is 22.6 Å². The van der Waals surface area contributed by atoms with Crippen molar-refractivity contribution in [1.82, 2.24) is 4.98 Å². The lowest BCUT2D eigenvalue weighted by Gasteiger charge is -1.93. The Hall–Kier alpha value is -0.630. The van der Waals surface area contributed by atoms with Crippen LogP contribution in [-0.4, -0.2) is 4.98 Å². The Morgan fingerprint density at radius 1 is 1.70 bits per heavy atom. The summed E-state index contributed by atoms with van der Waals surface area (Å²) in [7, 11) is 0. The van der Waals surface area contributed by atoms with Crippen LogP contribution >= 0.6 is 22.6 Å². The molecule has 10 heavy (non-hydrogen) atoms. The molecule has 50 valence electrons. The van der Waals surface area contributed by atoms with Crippen molar-refractivity contribution in [3.63, 3.8) is 0 Å². The molecule has 1 aromatic heterocycles. The second-order valence-corrected chi connectivity index (χ2v) is 3.12. The molecule has 0 atom stereocenters. The fourth-order valence-electron chi connectivity index (χ4n) is 0.616. The van der Waals surface area contributed by atoms with Gasteiger partial charge >= 0.3 is 0 Å². The van der Waals surface area contributed by atoms with E-state index in [9.17, 15) is 0 Å². The Bertz CT molecular complexity index is 288. The first-order valence-corrected chi connectivity index (χ1v) is 3.84. The van der Waals surface area contributed by atoms with Crippen molar-refractivity contribution in [2.45, 2.75) is 6.92 Å². The second kappa shape index (κ2) is 2.97. The third-order valence-corrected chi connectivity index (χ3v) is 1.91. The van der Waals surface area contributed by atoms with Gasteiger partial charge in [-0.25, -0.2) is 4.98 Å². The van der Waals surface area contributed by atoms with Gasteiger partial charge in [0.1, 0.15) is 6.07 Å². The van der Waals surface area contributed by atoms with Crippen LogP contribution < -0.4 is 0 Å². The molecule has 0 aliphatic carbocycles. The largest absolute Gasteiger partial charge is 0.244 e. The van der Waals surface area contributed by atoms with Crippen LogP contribution in [0.1, 0.15) is 11.3 Å². The molecular weight excluding hydrogens is 239 g/mol. The SMILES string of the molecule is Cc1cnc(C#N)c(I)c1. The summed E-state index contributed by atoms with van der Waals surface area (Å²) in [5.41, 5.74) is 1.59. The molecular formula is C7H5IN2. The maximum atomic E-state index is 8.49. The van der Waals surface area contributed by atoms with Gasteiger partial charge in [0.2, 0.25) is 0 Å². The van der Waals surface area contributed by atoms with Crippen LogP contribution in [0.15, 0.2) is 12.3 Å². The number of hydrogen-bond donors (Lipinski definition) is 0. The zero-order valence-electron chi connectivity index (χ0n) is 5.43. The van der Waals surface area contributed by atoms with Crippen molar-refractivity contribution in [3.05, 3.63) is 27.1 Å². The molecule has 1 aromatic rings. The molecule has 3 heteroatoms. The summed E-state index contributed by atoms with van der Waals surface area (Å²) >= 11 is 2.10. The van der Waals surface area contributed by atoms with Crippen LogP contribution in [0.4, 0.5) is 0 Å². The number of nitrogens with zero attached hydrogens (tertiary/aromatic N) is 2. The minimum absolute atomic E-state index is 0.506. The first-order valence-electron chi connectivity index (χ1n) is 2.76. The van der Waals surface area contributed by atoms with E-state index in [1.165, 1.54) is 0 Å². The number of pyridine rings is 1. The molecule has 0 fully saturated rings. The van der Waals surface area contributed by atoms with Crippen molar-refractivity contribution in [3.8, 4) is 6.07 Å². The topological polar surface area (TPSA) is 36.7 Å². The van der Waals surface area contributed by atoms with Gasteiger partial charge in [-0.15, -0.1) is 0 Å². The zero-order chi connectivity index (χ0) is 7.56. The van der Waals surface area contributed by atoms with Crippen LogP contribution in [-0.2, 0) is 0 Å². The maximum Gasteiger partial charge on any atom is 0.153 e. The monoisotopic (exact) mass is 244 g/mol. The summed E-state index contributed by atoms with van der Waals surface area (Å²) in [6, 6.07) is 3.94.